The standard InChI is InChI=1S/C15H15BrN4/c1-2-13(10-6-4-3-5-7-10)20-14-12(19-15(20)17)8-11(16)9-18-14/h3-9,13H,2H2,1H3,(H2,17,19). The van der Waals surface area contributed by atoms with Crippen molar-refractivity contribution in [1.29, 1.82) is 0 Å². The Morgan fingerprint density at radius 2 is 2.05 bits per heavy atom. The highest BCUT2D eigenvalue weighted by Crippen LogP contribution is 2.29. The van der Waals surface area contributed by atoms with E-state index in [-0.39, 0.29) is 6.04 Å². The van der Waals surface area contributed by atoms with Crippen LogP contribution in [0.2, 0.25) is 0 Å². The molecule has 102 valence electrons. The maximum atomic E-state index is 6.11. The maximum Gasteiger partial charge on any atom is 0.203 e. The number of halogens is 1. The number of pyridine rings is 1. The molecule has 2 N–H and O–H groups in total. The lowest BCUT2D eigenvalue weighted by Gasteiger charge is -2.19. The highest BCUT2D eigenvalue weighted by atomic mass is 79.9. The molecule has 2 heterocycles. The van der Waals surface area contributed by atoms with Gasteiger partial charge in [-0.2, -0.15) is 0 Å². The minimum absolute atomic E-state index is 0.148. The molecule has 2 aromatic heterocycles. The third-order valence-electron chi connectivity index (χ3n) is 3.41. The summed E-state index contributed by atoms with van der Waals surface area (Å²) in [5.41, 5.74) is 8.96. The molecular weight excluding hydrogens is 316 g/mol. The van der Waals surface area contributed by atoms with Crippen LogP contribution in [0.15, 0.2) is 47.1 Å². The quantitative estimate of drug-likeness (QED) is 0.795. The van der Waals surface area contributed by atoms with Crippen LogP contribution >= 0.6 is 15.9 Å². The number of fused-ring (bicyclic) bond motifs is 1. The normalized spacial score (nSPS) is 12.7. The van der Waals surface area contributed by atoms with E-state index in [1.165, 1.54) is 5.56 Å². The van der Waals surface area contributed by atoms with Crippen molar-refractivity contribution in [3.8, 4) is 0 Å². The first-order chi connectivity index (χ1) is 9.70. The van der Waals surface area contributed by atoms with Crippen molar-refractivity contribution >= 4 is 33.0 Å². The topological polar surface area (TPSA) is 56.7 Å². The summed E-state index contributed by atoms with van der Waals surface area (Å²) in [6.07, 6.45) is 2.70. The molecule has 0 saturated carbocycles. The van der Waals surface area contributed by atoms with E-state index >= 15 is 0 Å². The number of nitrogens with zero attached hydrogens (tertiary/aromatic N) is 3. The third-order valence-corrected chi connectivity index (χ3v) is 3.84. The van der Waals surface area contributed by atoms with Crippen molar-refractivity contribution in [3.63, 3.8) is 0 Å². The number of hydrogen-bond acceptors (Lipinski definition) is 3. The molecule has 3 aromatic rings. The zero-order valence-electron chi connectivity index (χ0n) is 11.1. The Morgan fingerprint density at radius 1 is 1.30 bits per heavy atom. The van der Waals surface area contributed by atoms with E-state index in [1.54, 1.807) is 6.20 Å². The van der Waals surface area contributed by atoms with Gasteiger partial charge in [-0.15, -0.1) is 0 Å². The van der Waals surface area contributed by atoms with E-state index in [1.807, 2.05) is 28.8 Å². The minimum atomic E-state index is 0.148. The summed E-state index contributed by atoms with van der Waals surface area (Å²) in [6.45, 7) is 2.14. The Labute approximate surface area is 125 Å². The molecule has 0 bridgehead atoms. The summed E-state index contributed by atoms with van der Waals surface area (Å²) < 4.78 is 2.92. The Morgan fingerprint density at radius 3 is 2.75 bits per heavy atom. The first-order valence-electron chi connectivity index (χ1n) is 6.54. The smallest absolute Gasteiger partial charge is 0.203 e. The van der Waals surface area contributed by atoms with Gasteiger partial charge in [-0.25, -0.2) is 9.97 Å². The zero-order valence-corrected chi connectivity index (χ0v) is 12.7. The van der Waals surface area contributed by atoms with Gasteiger partial charge in [-0.05, 0) is 34.0 Å². The number of imidazole rings is 1. The molecule has 20 heavy (non-hydrogen) atoms. The molecule has 3 rings (SSSR count). The number of aromatic nitrogens is 3. The average molecular weight is 331 g/mol. The molecule has 0 spiro atoms. The number of rotatable bonds is 3. The van der Waals surface area contributed by atoms with Gasteiger partial charge in [0, 0.05) is 10.7 Å². The zero-order chi connectivity index (χ0) is 14.1. The summed E-state index contributed by atoms with van der Waals surface area (Å²) in [5.74, 6) is 0.501. The average Bonchev–Trinajstić information content (AvgIpc) is 2.77. The predicted octanol–water partition coefficient (Wildman–Crippen LogP) is 3.78. The lowest BCUT2D eigenvalue weighted by molar-refractivity contribution is 0.585. The van der Waals surface area contributed by atoms with Crippen molar-refractivity contribution in [1.82, 2.24) is 14.5 Å². The molecule has 0 aliphatic rings. The molecule has 1 atom stereocenters. The van der Waals surface area contributed by atoms with Gasteiger partial charge in [0.1, 0.15) is 5.52 Å². The molecule has 0 aliphatic carbocycles. The number of nitrogen functional groups attached to an aromatic ring is 1. The Balaban J connectivity index is 2.19. The van der Waals surface area contributed by atoms with Gasteiger partial charge >= 0.3 is 0 Å². The van der Waals surface area contributed by atoms with Crippen LogP contribution in [0.3, 0.4) is 0 Å². The van der Waals surface area contributed by atoms with Gasteiger partial charge in [0.15, 0.2) is 5.65 Å². The van der Waals surface area contributed by atoms with Crippen LogP contribution in [0, 0.1) is 0 Å². The lowest BCUT2D eigenvalue weighted by atomic mass is 10.0. The Hall–Kier alpha value is -1.88. The number of hydrogen-bond donors (Lipinski definition) is 1. The Bertz CT molecular complexity index is 736. The number of anilines is 1. The fourth-order valence-electron chi connectivity index (χ4n) is 2.52. The van der Waals surface area contributed by atoms with Crippen LogP contribution in [0.4, 0.5) is 5.95 Å². The second kappa shape index (κ2) is 5.25. The van der Waals surface area contributed by atoms with Gasteiger partial charge in [0.05, 0.1) is 6.04 Å². The second-order valence-electron chi connectivity index (χ2n) is 4.67. The third kappa shape index (κ3) is 2.18. The van der Waals surface area contributed by atoms with Gasteiger partial charge in [-0.3, -0.25) is 4.57 Å². The minimum Gasteiger partial charge on any atom is -0.369 e. The summed E-state index contributed by atoms with van der Waals surface area (Å²) in [7, 11) is 0. The predicted molar refractivity (Wildman–Crippen MR) is 84.5 cm³/mol. The largest absolute Gasteiger partial charge is 0.369 e. The van der Waals surface area contributed by atoms with Crippen molar-refractivity contribution in [3.05, 3.63) is 52.6 Å². The van der Waals surface area contributed by atoms with Gasteiger partial charge in [0.2, 0.25) is 5.95 Å². The van der Waals surface area contributed by atoms with Crippen molar-refractivity contribution in [2.75, 3.05) is 5.73 Å². The number of benzene rings is 1. The molecule has 0 radical (unpaired) electrons. The molecule has 5 heteroatoms. The van der Waals surface area contributed by atoms with Crippen LogP contribution < -0.4 is 5.73 Å². The van der Waals surface area contributed by atoms with E-state index in [0.29, 0.717) is 5.95 Å². The molecule has 0 saturated heterocycles. The monoisotopic (exact) mass is 330 g/mol. The highest BCUT2D eigenvalue weighted by molar-refractivity contribution is 9.10. The van der Waals surface area contributed by atoms with E-state index in [4.69, 9.17) is 5.73 Å². The van der Waals surface area contributed by atoms with E-state index in [2.05, 4.69) is 45.0 Å². The van der Waals surface area contributed by atoms with Crippen LogP contribution in [-0.2, 0) is 0 Å². The van der Waals surface area contributed by atoms with Crippen molar-refractivity contribution in [2.24, 2.45) is 0 Å². The van der Waals surface area contributed by atoms with Gasteiger partial charge < -0.3 is 5.73 Å². The maximum absolute atomic E-state index is 6.11. The summed E-state index contributed by atoms with van der Waals surface area (Å²) in [5, 5.41) is 0. The Kier molecular flexibility index (Phi) is 3.44. The molecular formula is C15H15BrN4. The van der Waals surface area contributed by atoms with E-state index < -0.39 is 0 Å². The SMILES string of the molecule is CCC(c1ccccc1)n1c(N)nc2cc(Br)cnc21. The molecule has 4 nitrogen and oxygen atoms in total. The molecule has 0 amide bonds. The summed E-state index contributed by atoms with van der Waals surface area (Å²) >= 11 is 3.41. The van der Waals surface area contributed by atoms with Crippen molar-refractivity contribution in [2.45, 2.75) is 19.4 Å². The van der Waals surface area contributed by atoms with Gasteiger partial charge in [0.25, 0.3) is 0 Å². The van der Waals surface area contributed by atoms with E-state index in [9.17, 15) is 0 Å². The first kappa shape index (κ1) is 13.1. The molecule has 0 aliphatic heterocycles. The summed E-state index contributed by atoms with van der Waals surface area (Å²) in [6, 6.07) is 12.4. The fraction of sp³-hybridized carbons (Fsp3) is 0.200. The highest BCUT2D eigenvalue weighted by Gasteiger charge is 2.19. The lowest BCUT2D eigenvalue weighted by Crippen LogP contribution is -2.13. The van der Waals surface area contributed by atoms with E-state index in [0.717, 1.165) is 22.1 Å². The molecule has 1 unspecified atom stereocenters. The van der Waals surface area contributed by atoms with Crippen molar-refractivity contribution < 1.29 is 0 Å². The van der Waals surface area contributed by atoms with Gasteiger partial charge in [-0.1, -0.05) is 37.3 Å². The van der Waals surface area contributed by atoms with Crippen LogP contribution in [0.25, 0.3) is 11.2 Å². The first-order valence-corrected chi connectivity index (χ1v) is 7.34. The second-order valence-corrected chi connectivity index (χ2v) is 5.59. The number of nitrogens with two attached hydrogens (primary N) is 1. The van der Waals surface area contributed by atoms with Crippen LogP contribution in [0.1, 0.15) is 24.9 Å². The van der Waals surface area contributed by atoms with Crippen LogP contribution in [-0.4, -0.2) is 14.5 Å². The molecule has 0 fully saturated rings. The van der Waals surface area contributed by atoms with Crippen LogP contribution in [0.5, 0.6) is 0 Å². The summed E-state index contributed by atoms with van der Waals surface area (Å²) in [4.78, 5) is 8.89. The molecule has 1 aromatic carbocycles. The fourth-order valence-corrected chi connectivity index (χ4v) is 2.84.